The Balaban J connectivity index is 2.47. The van der Waals surface area contributed by atoms with Crippen LogP contribution in [0.25, 0.3) is 0 Å². The van der Waals surface area contributed by atoms with E-state index in [2.05, 4.69) is 0 Å². The summed E-state index contributed by atoms with van der Waals surface area (Å²) in [5.74, 6) is 0.974. The van der Waals surface area contributed by atoms with Gasteiger partial charge >= 0.3 is 0 Å². The maximum atomic E-state index is 13.3. The lowest BCUT2D eigenvalue weighted by atomic mass is 10.1. The Morgan fingerprint density at radius 2 is 1.59 bits per heavy atom. The van der Waals surface area contributed by atoms with Gasteiger partial charge in [-0.15, -0.1) is 23.2 Å². The molecule has 0 radical (unpaired) electrons. The minimum atomic E-state index is -3.77. The number of hydrogen-bond donors (Lipinski definition) is 0. The Morgan fingerprint density at radius 3 is 2.10 bits per heavy atom. The second-order valence-electron chi connectivity index (χ2n) is 6.72. The molecule has 0 aliphatic carbocycles. The lowest BCUT2D eigenvalue weighted by Gasteiger charge is -2.28. The predicted molar refractivity (Wildman–Crippen MR) is 114 cm³/mol. The number of methoxy groups -OCH3 is 2. The molecule has 0 bridgehead atoms. The average molecular weight is 467 g/mol. The van der Waals surface area contributed by atoms with E-state index < -0.39 is 10.0 Å². The molecule has 7 nitrogen and oxygen atoms in total. The molecule has 1 aliphatic rings. The Kier molecular flexibility index (Phi) is 9.33. The number of ether oxygens (including phenoxy) is 2. The van der Waals surface area contributed by atoms with Gasteiger partial charge in [0.05, 0.1) is 25.5 Å². The number of sulfonamides is 1. The first-order chi connectivity index (χ1) is 13.9. The first-order valence-electron chi connectivity index (χ1n) is 9.53. The number of benzene rings is 1. The zero-order valence-electron chi connectivity index (χ0n) is 16.8. The summed E-state index contributed by atoms with van der Waals surface area (Å²) in [5, 5.41) is 0. The van der Waals surface area contributed by atoms with E-state index in [4.69, 9.17) is 32.7 Å². The van der Waals surface area contributed by atoms with Gasteiger partial charge in [-0.2, -0.15) is 4.31 Å². The fraction of sp³-hybridized carbons (Fsp3) is 0.632. The summed E-state index contributed by atoms with van der Waals surface area (Å²) in [6.07, 6.45) is 2.55. The summed E-state index contributed by atoms with van der Waals surface area (Å²) >= 11 is 11.6. The second-order valence-corrected chi connectivity index (χ2v) is 9.38. The van der Waals surface area contributed by atoms with Crippen LogP contribution in [0.4, 0.5) is 0 Å². The average Bonchev–Trinajstić information content (AvgIpc) is 2.73. The standard InChI is InChI=1S/C19H28Cl2N2O5S/c1-27-16-12-15(13-19(24)22(10-6-20)11-7-21)18(14-17(16)28-2)29(25,26)23-8-4-3-5-9-23/h12,14H,3-11,13H2,1-2H3. The van der Waals surface area contributed by atoms with Gasteiger partial charge in [-0.1, -0.05) is 6.42 Å². The van der Waals surface area contributed by atoms with Crippen molar-refractivity contribution in [2.75, 3.05) is 52.2 Å². The molecule has 0 aromatic heterocycles. The summed E-state index contributed by atoms with van der Waals surface area (Å²) in [4.78, 5) is 14.4. The molecule has 164 valence electrons. The summed E-state index contributed by atoms with van der Waals surface area (Å²) in [6, 6.07) is 3.01. The number of carbonyl (C=O) groups excluding carboxylic acids is 1. The Bertz CT molecular complexity index is 792. The third-order valence-electron chi connectivity index (χ3n) is 4.90. The molecule has 2 rings (SSSR count). The molecular weight excluding hydrogens is 439 g/mol. The van der Waals surface area contributed by atoms with Crippen molar-refractivity contribution in [3.05, 3.63) is 17.7 Å². The normalized spacial score (nSPS) is 15.2. The molecule has 1 saturated heterocycles. The molecule has 29 heavy (non-hydrogen) atoms. The topological polar surface area (TPSA) is 76.2 Å². The lowest BCUT2D eigenvalue weighted by Crippen LogP contribution is -2.37. The van der Waals surface area contributed by atoms with E-state index in [1.165, 1.54) is 29.5 Å². The predicted octanol–water partition coefficient (Wildman–Crippen LogP) is 2.73. The van der Waals surface area contributed by atoms with Gasteiger partial charge in [-0.25, -0.2) is 8.42 Å². The number of rotatable bonds is 10. The maximum absolute atomic E-state index is 13.3. The highest BCUT2D eigenvalue weighted by molar-refractivity contribution is 7.89. The van der Waals surface area contributed by atoms with E-state index >= 15 is 0 Å². The SMILES string of the molecule is COc1cc(CC(=O)N(CCCl)CCCl)c(S(=O)(=O)N2CCCCC2)cc1OC. The van der Waals surface area contributed by atoms with Crippen molar-refractivity contribution in [1.29, 1.82) is 0 Å². The highest BCUT2D eigenvalue weighted by Gasteiger charge is 2.31. The van der Waals surface area contributed by atoms with E-state index in [1.54, 1.807) is 6.07 Å². The summed E-state index contributed by atoms with van der Waals surface area (Å²) < 4.78 is 38.8. The van der Waals surface area contributed by atoms with Gasteiger partial charge in [0.25, 0.3) is 0 Å². The van der Waals surface area contributed by atoms with Crippen LogP contribution in [-0.2, 0) is 21.2 Å². The molecule has 10 heteroatoms. The first kappa shape index (κ1) is 24.1. The van der Waals surface area contributed by atoms with Gasteiger partial charge in [-0.3, -0.25) is 4.79 Å². The smallest absolute Gasteiger partial charge is 0.243 e. The minimum absolute atomic E-state index is 0.0714. The van der Waals surface area contributed by atoms with Crippen LogP contribution in [0, 0.1) is 0 Å². The van der Waals surface area contributed by atoms with Crippen LogP contribution < -0.4 is 9.47 Å². The van der Waals surface area contributed by atoms with Gasteiger partial charge in [0.1, 0.15) is 0 Å². The zero-order chi connectivity index (χ0) is 21.4. The van der Waals surface area contributed by atoms with Gasteiger partial charge < -0.3 is 14.4 Å². The van der Waals surface area contributed by atoms with Gasteiger partial charge in [0, 0.05) is 44.0 Å². The van der Waals surface area contributed by atoms with Gasteiger partial charge in [0.15, 0.2) is 11.5 Å². The number of piperidine rings is 1. The lowest BCUT2D eigenvalue weighted by molar-refractivity contribution is -0.130. The third kappa shape index (κ3) is 5.90. The highest BCUT2D eigenvalue weighted by atomic mass is 35.5. The zero-order valence-corrected chi connectivity index (χ0v) is 19.2. The molecule has 1 amide bonds. The van der Waals surface area contributed by atoms with Crippen LogP contribution in [0.3, 0.4) is 0 Å². The molecule has 1 fully saturated rings. The quantitative estimate of drug-likeness (QED) is 0.495. The molecule has 1 aromatic rings. The van der Waals surface area contributed by atoms with Crippen molar-refractivity contribution in [2.24, 2.45) is 0 Å². The molecular formula is C19H28Cl2N2O5S. The number of carbonyl (C=O) groups is 1. The van der Waals surface area contributed by atoms with Crippen molar-refractivity contribution in [3.63, 3.8) is 0 Å². The van der Waals surface area contributed by atoms with Gasteiger partial charge in [0.2, 0.25) is 15.9 Å². The van der Waals surface area contributed by atoms with E-state index in [9.17, 15) is 13.2 Å². The third-order valence-corrected chi connectivity index (χ3v) is 7.22. The van der Waals surface area contributed by atoms with E-state index in [0.29, 0.717) is 43.2 Å². The van der Waals surface area contributed by atoms with E-state index in [-0.39, 0.29) is 29.0 Å². The number of nitrogens with zero attached hydrogens (tertiary/aromatic N) is 2. The van der Waals surface area contributed by atoms with Crippen molar-refractivity contribution >= 4 is 39.1 Å². The molecule has 1 heterocycles. The van der Waals surface area contributed by atoms with Gasteiger partial charge in [-0.05, 0) is 24.5 Å². The summed E-state index contributed by atoms with van der Waals surface area (Å²) in [6.45, 7) is 1.62. The van der Waals surface area contributed by atoms with Crippen molar-refractivity contribution < 1.29 is 22.7 Å². The molecule has 0 spiro atoms. The van der Waals surface area contributed by atoms with Crippen molar-refractivity contribution in [2.45, 2.75) is 30.6 Å². The monoisotopic (exact) mass is 466 g/mol. The molecule has 0 N–H and O–H groups in total. The molecule has 1 aromatic carbocycles. The molecule has 1 aliphatic heterocycles. The Labute approximate surface area is 182 Å². The first-order valence-corrected chi connectivity index (χ1v) is 12.0. The van der Waals surface area contributed by atoms with Crippen LogP contribution in [-0.4, -0.2) is 75.7 Å². The van der Waals surface area contributed by atoms with Crippen molar-refractivity contribution in [3.8, 4) is 11.5 Å². The number of alkyl halides is 2. The maximum Gasteiger partial charge on any atom is 0.243 e. The Hall–Kier alpha value is -1.22. The van der Waals surface area contributed by atoms with E-state index in [0.717, 1.165) is 19.3 Å². The fourth-order valence-electron chi connectivity index (χ4n) is 3.37. The van der Waals surface area contributed by atoms with E-state index in [1.807, 2.05) is 0 Å². The van der Waals surface area contributed by atoms with Crippen LogP contribution >= 0.6 is 23.2 Å². The Morgan fingerprint density at radius 1 is 1.03 bits per heavy atom. The molecule has 0 unspecified atom stereocenters. The highest BCUT2D eigenvalue weighted by Crippen LogP contribution is 2.35. The van der Waals surface area contributed by atoms with Crippen LogP contribution in [0.15, 0.2) is 17.0 Å². The van der Waals surface area contributed by atoms with Crippen LogP contribution in [0.5, 0.6) is 11.5 Å². The second kappa shape index (κ2) is 11.2. The molecule has 0 saturated carbocycles. The largest absolute Gasteiger partial charge is 0.493 e. The number of halogens is 2. The molecule has 0 atom stereocenters. The fourth-order valence-corrected chi connectivity index (χ4v) is 5.51. The van der Waals surface area contributed by atoms with Crippen LogP contribution in [0.2, 0.25) is 0 Å². The number of amides is 1. The number of hydrogen-bond acceptors (Lipinski definition) is 5. The van der Waals surface area contributed by atoms with Crippen LogP contribution in [0.1, 0.15) is 24.8 Å². The van der Waals surface area contributed by atoms with Crippen molar-refractivity contribution in [1.82, 2.24) is 9.21 Å². The summed E-state index contributed by atoms with van der Waals surface area (Å²) in [7, 11) is -0.856. The summed E-state index contributed by atoms with van der Waals surface area (Å²) in [5.41, 5.74) is 0.368. The minimum Gasteiger partial charge on any atom is -0.493 e.